The molecule has 0 radical (unpaired) electrons. The summed E-state index contributed by atoms with van der Waals surface area (Å²) >= 11 is 0. The molecule has 0 aliphatic carbocycles. The number of H-pyrrole nitrogens is 1. The van der Waals surface area contributed by atoms with Crippen molar-refractivity contribution in [2.24, 2.45) is 0 Å². The molecular formula is C17H17N3O3. The van der Waals surface area contributed by atoms with Crippen LogP contribution in [-0.2, 0) is 11.2 Å². The van der Waals surface area contributed by atoms with Crippen molar-refractivity contribution in [3.05, 3.63) is 48.0 Å². The number of amides is 1. The van der Waals surface area contributed by atoms with Gasteiger partial charge in [-0.25, -0.2) is 0 Å². The maximum Gasteiger partial charge on any atom is 0.230 e. The monoisotopic (exact) mass is 311 g/mol. The van der Waals surface area contributed by atoms with Crippen LogP contribution >= 0.6 is 0 Å². The number of hydrogen-bond donors (Lipinski definition) is 2. The molecular weight excluding hydrogens is 294 g/mol. The Balaban J connectivity index is 1.80. The number of nitrogens with zero attached hydrogens (tertiary/aromatic N) is 1. The lowest BCUT2D eigenvalue weighted by Crippen LogP contribution is -2.15. The van der Waals surface area contributed by atoms with Crippen molar-refractivity contribution in [1.82, 2.24) is 10.2 Å². The number of nitrogens with one attached hydrogen (secondary N) is 2. The molecule has 0 bridgehead atoms. The van der Waals surface area contributed by atoms with Gasteiger partial charge < -0.3 is 14.8 Å². The van der Waals surface area contributed by atoms with Gasteiger partial charge in [0.25, 0.3) is 0 Å². The van der Waals surface area contributed by atoms with E-state index >= 15 is 0 Å². The molecule has 0 spiro atoms. The Hall–Kier alpha value is -3.02. The Morgan fingerprint density at radius 2 is 2.00 bits per heavy atom. The van der Waals surface area contributed by atoms with E-state index in [0.29, 0.717) is 17.3 Å². The maximum atomic E-state index is 12.3. The lowest BCUT2D eigenvalue weighted by molar-refractivity contribution is -0.115. The molecule has 0 saturated carbocycles. The fourth-order valence-corrected chi connectivity index (χ4v) is 2.41. The second kappa shape index (κ2) is 6.39. The fourth-order valence-electron chi connectivity index (χ4n) is 2.41. The molecule has 1 aromatic heterocycles. The quantitative estimate of drug-likeness (QED) is 0.759. The number of anilines is 1. The number of carbonyl (C=O) groups is 1. The Morgan fingerprint density at radius 1 is 1.17 bits per heavy atom. The van der Waals surface area contributed by atoms with Gasteiger partial charge in [-0.15, -0.1) is 0 Å². The molecule has 2 aromatic carbocycles. The molecule has 3 rings (SSSR count). The van der Waals surface area contributed by atoms with Crippen LogP contribution in [-0.4, -0.2) is 30.3 Å². The first-order valence-electron chi connectivity index (χ1n) is 7.15. The van der Waals surface area contributed by atoms with Crippen LogP contribution in [0.15, 0.2) is 42.5 Å². The summed E-state index contributed by atoms with van der Waals surface area (Å²) in [6.45, 7) is 0. The SMILES string of the molecule is COc1ccc2[nH]nc(NC(=O)Cc3ccccc3OC)c2c1. The first-order valence-corrected chi connectivity index (χ1v) is 7.15. The van der Waals surface area contributed by atoms with Crippen molar-refractivity contribution in [2.75, 3.05) is 19.5 Å². The van der Waals surface area contributed by atoms with Crippen LogP contribution in [0.4, 0.5) is 5.82 Å². The van der Waals surface area contributed by atoms with Crippen LogP contribution in [0.3, 0.4) is 0 Å². The summed E-state index contributed by atoms with van der Waals surface area (Å²) in [7, 11) is 3.19. The predicted molar refractivity (Wildman–Crippen MR) is 88.0 cm³/mol. The summed E-state index contributed by atoms with van der Waals surface area (Å²) in [5.41, 5.74) is 1.66. The molecule has 0 fully saturated rings. The average Bonchev–Trinajstić information content (AvgIpc) is 2.97. The fraction of sp³-hybridized carbons (Fsp3) is 0.176. The summed E-state index contributed by atoms with van der Waals surface area (Å²) < 4.78 is 10.5. The van der Waals surface area contributed by atoms with Crippen molar-refractivity contribution in [1.29, 1.82) is 0 Å². The number of benzene rings is 2. The molecule has 0 aliphatic rings. The number of ether oxygens (including phenoxy) is 2. The van der Waals surface area contributed by atoms with Crippen LogP contribution in [0.5, 0.6) is 11.5 Å². The van der Waals surface area contributed by atoms with Gasteiger partial charge in [0, 0.05) is 10.9 Å². The highest BCUT2D eigenvalue weighted by Crippen LogP contribution is 2.25. The first-order chi connectivity index (χ1) is 11.2. The van der Waals surface area contributed by atoms with Gasteiger partial charge in [-0.2, -0.15) is 5.10 Å². The number of para-hydroxylation sites is 1. The van der Waals surface area contributed by atoms with Crippen molar-refractivity contribution in [3.8, 4) is 11.5 Å². The molecule has 2 N–H and O–H groups in total. The number of aromatic amines is 1. The number of aromatic nitrogens is 2. The molecule has 0 unspecified atom stereocenters. The summed E-state index contributed by atoms with van der Waals surface area (Å²) in [4.78, 5) is 12.3. The molecule has 0 saturated heterocycles. The molecule has 6 nitrogen and oxygen atoms in total. The first kappa shape index (κ1) is 14.9. The van der Waals surface area contributed by atoms with Gasteiger partial charge in [0.1, 0.15) is 11.5 Å². The van der Waals surface area contributed by atoms with Crippen molar-refractivity contribution < 1.29 is 14.3 Å². The third kappa shape index (κ3) is 3.11. The number of carbonyl (C=O) groups excluding carboxylic acids is 1. The summed E-state index contributed by atoms with van der Waals surface area (Å²) in [5, 5.41) is 10.7. The Bertz CT molecular complexity index is 842. The highest BCUT2D eigenvalue weighted by molar-refractivity contribution is 6.00. The maximum absolute atomic E-state index is 12.3. The minimum atomic E-state index is -0.161. The summed E-state index contributed by atoms with van der Waals surface area (Å²) in [5.74, 6) is 1.72. The molecule has 1 amide bonds. The van der Waals surface area contributed by atoms with Crippen molar-refractivity contribution >= 4 is 22.6 Å². The van der Waals surface area contributed by atoms with E-state index in [4.69, 9.17) is 9.47 Å². The van der Waals surface area contributed by atoms with Gasteiger partial charge in [0.15, 0.2) is 5.82 Å². The number of hydrogen-bond acceptors (Lipinski definition) is 4. The highest BCUT2D eigenvalue weighted by Gasteiger charge is 2.12. The third-order valence-electron chi connectivity index (χ3n) is 3.57. The standard InChI is InChI=1S/C17H17N3O3/c1-22-12-7-8-14-13(10-12)17(20-19-14)18-16(21)9-11-5-3-4-6-15(11)23-2/h3-8,10H,9H2,1-2H3,(H2,18,19,20,21). The van der Waals surface area contributed by atoms with Crippen LogP contribution in [0.25, 0.3) is 10.9 Å². The molecule has 6 heteroatoms. The van der Waals surface area contributed by atoms with Crippen LogP contribution in [0.1, 0.15) is 5.56 Å². The van der Waals surface area contributed by atoms with E-state index in [-0.39, 0.29) is 12.3 Å². The van der Waals surface area contributed by atoms with Gasteiger partial charge in [0.2, 0.25) is 5.91 Å². The topological polar surface area (TPSA) is 76.2 Å². The Kier molecular flexibility index (Phi) is 4.14. The lowest BCUT2D eigenvalue weighted by atomic mass is 10.1. The van der Waals surface area contributed by atoms with E-state index in [0.717, 1.165) is 16.5 Å². The molecule has 118 valence electrons. The second-order valence-electron chi connectivity index (χ2n) is 5.02. The molecule has 23 heavy (non-hydrogen) atoms. The van der Waals surface area contributed by atoms with E-state index < -0.39 is 0 Å². The van der Waals surface area contributed by atoms with Gasteiger partial charge in [0.05, 0.1) is 26.2 Å². The van der Waals surface area contributed by atoms with Crippen LogP contribution < -0.4 is 14.8 Å². The summed E-state index contributed by atoms with van der Waals surface area (Å²) in [6.07, 6.45) is 0.211. The van der Waals surface area contributed by atoms with E-state index in [2.05, 4.69) is 15.5 Å². The normalized spacial score (nSPS) is 10.5. The van der Waals surface area contributed by atoms with Crippen molar-refractivity contribution in [2.45, 2.75) is 6.42 Å². The van der Waals surface area contributed by atoms with Gasteiger partial charge >= 0.3 is 0 Å². The lowest BCUT2D eigenvalue weighted by Gasteiger charge is -2.08. The minimum Gasteiger partial charge on any atom is -0.497 e. The van der Waals surface area contributed by atoms with Gasteiger partial charge in [-0.05, 0) is 24.3 Å². The highest BCUT2D eigenvalue weighted by atomic mass is 16.5. The van der Waals surface area contributed by atoms with Gasteiger partial charge in [-0.1, -0.05) is 18.2 Å². The zero-order valence-electron chi connectivity index (χ0n) is 12.9. The molecule has 3 aromatic rings. The van der Waals surface area contributed by atoms with E-state index in [9.17, 15) is 4.79 Å². The average molecular weight is 311 g/mol. The smallest absolute Gasteiger partial charge is 0.230 e. The number of methoxy groups -OCH3 is 2. The molecule has 0 aliphatic heterocycles. The zero-order valence-corrected chi connectivity index (χ0v) is 12.9. The molecule has 0 atom stereocenters. The minimum absolute atomic E-state index is 0.161. The zero-order chi connectivity index (χ0) is 16.2. The van der Waals surface area contributed by atoms with E-state index in [1.54, 1.807) is 14.2 Å². The van der Waals surface area contributed by atoms with E-state index in [1.807, 2.05) is 42.5 Å². The Morgan fingerprint density at radius 3 is 2.78 bits per heavy atom. The third-order valence-corrected chi connectivity index (χ3v) is 3.57. The van der Waals surface area contributed by atoms with Crippen LogP contribution in [0.2, 0.25) is 0 Å². The van der Waals surface area contributed by atoms with Crippen molar-refractivity contribution in [3.63, 3.8) is 0 Å². The largest absolute Gasteiger partial charge is 0.497 e. The number of rotatable bonds is 5. The second-order valence-corrected chi connectivity index (χ2v) is 5.02. The summed E-state index contributed by atoms with van der Waals surface area (Å²) in [6, 6.07) is 13.0. The predicted octanol–water partition coefficient (Wildman–Crippen LogP) is 2.76. The van der Waals surface area contributed by atoms with E-state index in [1.165, 1.54) is 0 Å². The molecule has 1 heterocycles. The van der Waals surface area contributed by atoms with Crippen LogP contribution in [0, 0.1) is 0 Å². The Labute approximate surface area is 133 Å². The number of fused-ring (bicyclic) bond motifs is 1. The van der Waals surface area contributed by atoms with Gasteiger partial charge in [-0.3, -0.25) is 9.89 Å².